The van der Waals surface area contributed by atoms with Crippen molar-refractivity contribution in [2.24, 2.45) is 0 Å². The highest BCUT2D eigenvalue weighted by molar-refractivity contribution is 5.63. The number of hydrogen-bond acceptors (Lipinski definition) is 2. The normalized spacial score (nSPS) is 10.9. The molecule has 0 unspecified atom stereocenters. The molecule has 0 amide bonds. The van der Waals surface area contributed by atoms with Crippen LogP contribution in [0, 0.1) is 0 Å². The predicted octanol–water partition coefficient (Wildman–Crippen LogP) is 2.43. The van der Waals surface area contributed by atoms with Gasteiger partial charge in [0.05, 0.1) is 0 Å². The SMILES string of the molecule is CCCC/C=C\CCCCCC(=O)[O-]. The minimum absolute atomic E-state index is 0.208. The minimum Gasteiger partial charge on any atom is -0.550 e. The molecule has 0 radical (unpaired) electrons. The molecule has 0 aromatic carbocycles. The van der Waals surface area contributed by atoms with Crippen LogP contribution in [0.3, 0.4) is 0 Å². The Morgan fingerprint density at radius 3 is 2.29 bits per heavy atom. The van der Waals surface area contributed by atoms with E-state index in [1.54, 1.807) is 0 Å². The van der Waals surface area contributed by atoms with Gasteiger partial charge in [-0.3, -0.25) is 0 Å². The number of allylic oxidation sites excluding steroid dienone is 2. The quantitative estimate of drug-likeness (QED) is 0.420. The Kier molecular flexibility index (Phi) is 9.71. The molecule has 14 heavy (non-hydrogen) atoms. The van der Waals surface area contributed by atoms with Crippen LogP contribution in [0.2, 0.25) is 0 Å². The van der Waals surface area contributed by atoms with Gasteiger partial charge in [0, 0.05) is 5.97 Å². The Bertz CT molecular complexity index is 162. The van der Waals surface area contributed by atoms with Crippen LogP contribution in [0.15, 0.2) is 12.2 Å². The van der Waals surface area contributed by atoms with E-state index in [1.165, 1.54) is 19.3 Å². The van der Waals surface area contributed by atoms with Gasteiger partial charge in [-0.15, -0.1) is 0 Å². The molecule has 82 valence electrons. The summed E-state index contributed by atoms with van der Waals surface area (Å²) in [7, 11) is 0. The van der Waals surface area contributed by atoms with Gasteiger partial charge in [-0.25, -0.2) is 0 Å². The van der Waals surface area contributed by atoms with Gasteiger partial charge < -0.3 is 9.90 Å². The first-order valence-corrected chi connectivity index (χ1v) is 5.62. The molecule has 0 aliphatic carbocycles. The van der Waals surface area contributed by atoms with E-state index < -0.39 is 5.97 Å². The molecule has 0 atom stereocenters. The zero-order valence-electron chi connectivity index (χ0n) is 9.13. The number of carboxylic acids is 1. The van der Waals surface area contributed by atoms with Gasteiger partial charge in [-0.05, 0) is 32.1 Å². The fraction of sp³-hybridized carbons (Fsp3) is 0.750. The van der Waals surface area contributed by atoms with Crippen LogP contribution in [0.25, 0.3) is 0 Å². The summed E-state index contributed by atoms with van der Waals surface area (Å²) in [6, 6.07) is 0. The van der Waals surface area contributed by atoms with E-state index in [0.29, 0.717) is 0 Å². The Morgan fingerprint density at radius 2 is 1.71 bits per heavy atom. The van der Waals surface area contributed by atoms with Crippen molar-refractivity contribution in [2.75, 3.05) is 0 Å². The van der Waals surface area contributed by atoms with Crippen LogP contribution in [0.1, 0.15) is 58.3 Å². The molecular formula is C12H21O2-. The lowest BCUT2D eigenvalue weighted by Crippen LogP contribution is -2.21. The average Bonchev–Trinajstić information content (AvgIpc) is 2.15. The van der Waals surface area contributed by atoms with Gasteiger partial charge in [0.25, 0.3) is 0 Å². The zero-order valence-corrected chi connectivity index (χ0v) is 9.13. The molecule has 0 aliphatic heterocycles. The fourth-order valence-corrected chi connectivity index (χ4v) is 1.27. The molecule has 0 saturated carbocycles. The van der Waals surface area contributed by atoms with Gasteiger partial charge in [-0.1, -0.05) is 38.3 Å². The average molecular weight is 197 g/mol. The Hall–Kier alpha value is -0.790. The van der Waals surface area contributed by atoms with Gasteiger partial charge in [-0.2, -0.15) is 0 Å². The highest BCUT2D eigenvalue weighted by Crippen LogP contribution is 2.04. The Morgan fingerprint density at radius 1 is 1.07 bits per heavy atom. The molecule has 0 heterocycles. The van der Waals surface area contributed by atoms with Gasteiger partial charge >= 0.3 is 0 Å². The van der Waals surface area contributed by atoms with E-state index in [2.05, 4.69) is 19.1 Å². The lowest BCUT2D eigenvalue weighted by Gasteiger charge is -1.99. The standard InChI is InChI=1S/C12H22O2/c1-2-3-4-5-6-7-8-9-10-11-12(13)14/h5-6H,2-4,7-11H2,1H3,(H,13,14)/p-1/b6-5-. The van der Waals surface area contributed by atoms with E-state index in [4.69, 9.17) is 0 Å². The number of rotatable bonds is 9. The topological polar surface area (TPSA) is 40.1 Å². The molecule has 0 saturated heterocycles. The first-order valence-electron chi connectivity index (χ1n) is 5.62. The molecule has 0 bridgehead atoms. The number of hydrogen-bond donors (Lipinski definition) is 0. The van der Waals surface area contributed by atoms with E-state index in [9.17, 15) is 9.90 Å². The van der Waals surface area contributed by atoms with E-state index >= 15 is 0 Å². The van der Waals surface area contributed by atoms with Crippen molar-refractivity contribution < 1.29 is 9.90 Å². The number of unbranched alkanes of at least 4 members (excludes halogenated alkanes) is 5. The summed E-state index contributed by atoms with van der Waals surface area (Å²) in [6.45, 7) is 2.19. The maximum Gasteiger partial charge on any atom is 0.0414 e. The highest BCUT2D eigenvalue weighted by Gasteiger charge is 1.88. The maximum atomic E-state index is 10.1. The molecule has 0 spiro atoms. The predicted molar refractivity (Wildman–Crippen MR) is 56.8 cm³/mol. The molecule has 0 aliphatic rings. The molecular weight excluding hydrogens is 176 g/mol. The van der Waals surface area contributed by atoms with Crippen molar-refractivity contribution in [3.05, 3.63) is 12.2 Å². The third-order valence-electron chi connectivity index (χ3n) is 2.14. The first kappa shape index (κ1) is 13.2. The van der Waals surface area contributed by atoms with Crippen molar-refractivity contribution in [2.45, 2.75) is 58.3 Å². The summed E-state index contributed by atoms with van der Waals surface area (Å²) < 4.78 is 0. The van der Waals surface area contributed by atoms with E-state index in [-0.39, 0.29) is 6.42 Å². The third-order valence-corrected chi connectivity index (χ3v) is 2.14. The molecule has 2 nitrogen and oxygen atoms in total. The van der Waals surface area contributed by atoms with Crippen molar-refractivity contribution in [3.63, 3.8) is 0 Å². The van der Waals surface area contributed by atoms with Crippen LogP contribution < -0.4 is 5.11 Å². The molecule has 0 fully saturated rings. The number of carbonyl (C=O) groups excluding carboxylic acids is 1. The molecule has 2 heteroatoms. The lowest BCUT2D eigenvalue weighted by molar-refractivity contribution is -0.305. The first-order chi connectivity index (χ1) is 6.77. The third kappa shape index (κ3) is 11.2. The van der Waals surface area contributed by atoms with Gasteiger partial charge in [0.2, 0.25) is 0 Å². The second kappa shape index (κ2) is 10.3. The monoisotopic (exact) mass is 197 g/mol. The summed E-state index contributed by atoms with van der Waals surface area (Å²) in [5, 5.41) is 10.1. The van der Waals surface area contributed by atoms with Crippen molar-refractivity contribution in [1.82, 2.24) is 0 Å². The van der Waals surface area contributed by atoms with Crippen molar-refractivity contribution in [3.8, 4) is 0 Å². The van der Waals surface area contributed by atoms with Crippen LogP contribution in [0.5, 0.6) is 0 Å². The fourth-order valence-electron chi connectivity index (χ4n) is 1.27. The number of carbonyl (C=O) groups is 1. The second-order valence-electron chi connectivity index (χ2n) is 3.58. The molecule has 0 N–H and O–H groups in total. The zero-order chi connectivity index (χ0) is 10.6. The molecule has 0 aromatic heterocycles. The van der Waals surface area contributed by atoms with Crippen molar-refractivity contribution >= 4 is 5.97 Å². The largest absolute Gasteiger partial charge is 0.550 e. The van der Waals surface area contributed by atoms with Crippen LogP contribution in [-0.2, 0) is 4.79 Å². The molecule has 0 rings (SSSR count). The number of aliphatic carboxylic acids is 1. The Labute approximate surface area is 87.0 Å². The van der Waals surface area contributed by atoms with Crippen molar-refractivity contribution in [1.29, 1.82) is 0 Å². The molecule has 0 aromatic rings. The highest BCUT2D eigenvalue weighted by atomic mass is 16.4. The summed E-state index contributed by atoms with van der Waals surface area (Å²) in [6.07, 6.45) is 12.2. The summed E-state index contributed by atoms with van der Waals surface area (Å²) in [4.78, 5) is 10.1. The van der Waals surface area contributed by atoms with E-state index in [0.717, 1.165) is 25.7 Å². The minimum atomic E-state index is -0.927. The Balaban J connectivity index is 3.05. The lowest BCUT2D eigenvalue weighted by atomic mass is 10.1. The summed E-state index contributed by atoms with van der Waals surface area (Å²) >= 11 is 0. The smallest absolute Gasteiger partial charge is 0.0414 e. The maximum absolute atomic E-state index is 10.1. The summed E-state index contributed by atoms with van der Waals surface area (Å²) in [5.74, 6) is -0.927. The van der Waals surface area contributed by atoms with Gasteiger partial charge in [0.15, 0.2) is 0 Å². The van der Waals surface area contributed by atoms with E-state index in [1.807, 2.05) is 0 Å². The van der Waals surface area contributed by atoms with Crippen LogP contribution in [0.4, 0.5) is 0 Å². The second-order valence-corrected chi connectivity index (χ2v) is 3.58. The van der Waals surface area contributed by atoms with Crippen LogP contribution >= 0.6 is 0 Å². The number of carboxylic acid groups (broad SMARTS) is 1. The van der Waals surface area contributed by atoms with Gasteiger partial charge in [0.1, 0.15) is 0 Å². The summed E-state index contributed by atoms with van der Waals surface area (Å²) in [5.41, 5.74) is 0. The van der Waals surface area contributed by atoms with Crippen LogP contribution in [-0.4, -0.2) is 5.97 Å².